The van der Waals surface area contributed by atoms with E-state index in [1.165, 1.54) is 49.9 Å². The van der Waals surface area contributed by atoms with Gasteiger partial charge in [0.2, 0.25) is 0 Å². The van der Waals surface area contributed by atoms with Crippen LogP contribution in [0.4, 0.5) is 0 Å². The van der Waals surface area contributed by atoms with Crippen LogP contribution in [-0.4, -0.2) is 36.7 Å². The zero-order valence-electron chi connectivity index (χ0n) is 13.0. The highest BCUT2D eigenvalue weighted by Gasteiger charge is 2.35. The Morgan fingerprint density at radius 2 is 2.19 bits per heavy atom. The standard InChI is InChI=1S/C18H26N2O/c1-13(14-5-6-18-15(12-14)8-11-21-18)19-16-7-10-20-9-3-2-4-17(16)20/h5-6,12-13,16-17,19H,2-4,7-11H2,1H3. The van der Waals surface area contributed by atoms with Crippen LogP contribution in [0.25, 0.3) is 0 Å². The Labute approximate surface area is 127 Å². The van der Waals surface area contributed by atoms with Crippen LogP contribution in [0.2, 0.25) is 0 Å². The molecule has 3 heterocycles. The molecular weight excluding hydrogens is 260 g/mol. The Bertz CT molecular complexity index is 516. The van der Waals surface area contributed by atoms with Crippen molar-refractivity contribution < 1.29 is 4.74 Å². The largest absolute Gasteiger partial charge is 0.493 e. The Balaban J connectivity index is 1.44. The van der Waals surface area contributed by atoms with Crippen molar-refractivity contribution in [3.63, 3.8) is 0 Å². The Morgan fingerprint density at radius 3 is 3.14 bits per heavy atom. The fraction of sp³-hybridized carbons (Fsp3) is 0.667. The van der Waals surface area contributed by atoms with Crippen molar-refractivity contribution in [1.29, 1.82) is 0 Å². The summed E-state index contributed by atoms with van der Waals surface area (Å²) < 4.78 is 5.61. The summed E-state index contributed by atoms with van der Waals surface area (Å²) in [5.74, 6) is 1.09. The summed E-state index contributed by atoms with van der Waals surface area (Å²) in [7, 11) is 0. The third kappa shape index (κ3) is 2.58. The van der Waals surface area contributed by atoms with Crippen LogP contribution in [-0.2, 0) is 6.42 Å². The molecule has 0 aromatic heterocycles. The second-order valence-electron chi connectivity index (χ2n) is 6.85. The van der Waals surface area contributed by atoms with Crippen molar-refractivity contribution in [1.82, 2.24) is 10.2 Å². The van der Waals surface area contributed by atoms with Gasteiger partial charge in [-0.15, -0.1) is 0 Å². The van der Waals surface area contributed by atoms with Gasteiger partial charge in [-0.2, -0.15) is 0 Å². The minimum absolute atomic E-state index is 0.433. The van der Waals surface area contributed by atoms with Crippen LogP contribution >= 0.6 is 0 Å². The second kappa shape index (κ2) is 5.62. The highest BCUT2D eigenvalue weighted by atomic mass is 16.5. The van der Waals surface area contributed by atoms with Crippen molar-refractivity contribution in [2.45, 2.75) is 57.2 Å². The first-order valence-electron chi connectivity index (χ1n) is 8.57. The molecule has 2 saturated heterocycles. The quantitative estimate of drug-likeness (QED) is 0.924. The lowest BCUT2D eigenvalue weighted by molar-refractivity contribution is 0.177. The molecule has 3 aliphatic heterocycles. The highest BCUT2D eigenvalue weighted by Crippen LogP contribution is 2.31. The van der Waals surface area contributed by atoms with Crippen LogP contribution in [0.1, 0.15) is 49.8 Å². The predicted octanol–water partition coefficient (Wildman–Crippen LogP) is 2.90. The SMILES string of the molecule is CC(NC1CCN2CCCCC12)c1ccc2c(c1)CCO2. The molecule has 1 aromatic rings. The number of fused-ring (bicyclic) bond motifs is 2. The van der Waals surface area contributed by atoms with E-state index < -0.39 is 0 Å². The van der Waals surface area contributed by atoms with E-state index in [-0.39, 0.29) is 0 Å². The van der Waals surface area contributed by atoms with Crippen LogP contribution in [0.5, 0.6) is 5.75 Å². The summed E-state index contributed by atoms with van der Waals surface area (Å²) in [6, 6.07) is 8.60. The second-order valence-corrected chi connectivity index (χ2v) is 6.85. The molecule has 0 bridgehead atoms. The van der Waals surface area contributed by atoms with Crippen molar-refractivity contribution in [3.05, 3.63) is 29.3 Å². The molecule has 4 rings (SSSR count). The maximum Gasteiger partial charge on any atom is 0.122 e. The van der Waals surface area contributed by atoms with Crippen molar-refractivity contribution in [2.24, 2.45) is 0 Å². The third-order valence-electron chi connectivity index (χ3n) is 5.53. The molecule has 0 saturated carbocycles. The minimum Gasteiger partial charge on any atom is -0.493 e. The van der Waals surface area contributed by atoms with E-state index in [4.69, 9.17) is 4.74 Å². The molecule has 3 unspecified atom stereocenters. The van der Waals surface area contributed by atoms with Crippen LogP contribution in [0.3, 0.4) is 0 Å². The van der Waals surface area contributed by atoms with Gasteiger partial charge in [0.15, 0.2) is 0 Å². The van der Waals surface area contributed by atoms with Gasteiger partial charge in [0.05, 0.1) is 6.61 Å². The normalized spacial score (nSPS) is 29.8. The number of ether oxygens (including phenoxy) is 1. The lowest BCUT2D eigenvalue weighted by atomic mass is 9.97. The summed E-state index contributed by atoms with van der Waals surface area (Å²) in [4.78, 5) is 2.70. The first-order chi connectivity index (χ1) is 10.3. The molecule has 0 radical (unpaired) electrons. The molecule has 1 N–H and O–H groups in total. The first-order valence-corrected chi connectivity index (χ1v) is 8.57. The van der Waals surface area contributed by atoms with Gasteiger partial charge in [-0.3, -0.25) is 4.90 Å². The topological polar surface area (TPSA) is 24.5 Å². The zero-order chi connectivity index (χ0) is 14.2. The van der Waals surface area contributed by atoms with Gasteiger partial charge >= 0.3 is 0 Å². The minimum atomic E-state index is 0.433. The Morgan fingerprint density at radius 1 is 1.24 bits per heavy atom. The molecule has 1 aromatic carbocycles. The van der Waals surface area contributed by atoms with E-state index >= 15 is 0 Å². The Hall–Kier alpha value is -1.06. The third-order valence-corrected chi connectivity index (χ3v) is 5.53. The number of benzene rings is 1. The number of nitrogens with zero attached hydrogens (tertiary/aromatic N) is 1. The number of hydrogen-bond donors (Lipinski definition) is 1. The van der Waals surface area contributed by atoms with Gasteiger partial charge in [-0.1, -0.05) is 18.6 Å². The Kier molecular flexibility index (Phi) is 3.64. The van der Waals surface area contributed by atoms with Gasteiger partial charge in [0.1, 0.15) is 5.75 Å². The summed E-state index contributed by atoms with van der Waals surface area (Å²) >= 11 is 0. The van der Waals surface area contributed by atoms with Crippen LogP contribution in [0, 0.1) is 0 Å². The monoisotopic (exact) mass is 286 g/mol. The number of nitrogens with one attached hydrogen (secondary N) is 1. The molecule has 0 aliphatic carbocycles. The van der Waals surface area contributed by atoms with E-state index in [0.717, 1.165) is 24.8 Å². The first kappa shape index (κ1) is 13.6. The number of hydrogen-bond acceptors (Lipinski definition) is 3. The van der Waals surface area contributed by atoms with Gasteiger partial charge in [-0.25, -0.2) is 0 Å². The fourth-order valence-corrected chi connectivity index (χ4v) is 4.33. The average Bonchev–Trinajstić information content (AvgIpc) is 3.13. The fourth-order valence-electron chi connectivity index (χ4n) is 4.33. The molecule has 3 nitrogen and oxygen atoms in total. The molecular formula is C18H26N2O. The van der Waals surface area contributed by atoms with E-state index in [2.05, 4.69) is 35.3 Å². The zero-order valence-corrected chi connectivity index (χ0v) is 13.0. The molecule has 0 amide bonds. The summed E-state index contributed by atoms with van der Waals surface area (Å²) in [5, 5.41) is 3.90. The lowest BCUT2D eigenvalue weighted by Gasteiger charge is -2.34. The lowest BCUT2D eigenvalue weighted by Crippen LogP contribution is -2.45. The van der Waals surface area contributed by atoms with Crippen molar-refractivity contribution in [3.8, 4) is 5.75 Å². The van der Waals surface area contributed by atoms with Gasteiger partial charge < -0.3 is 10.1 Å². The predicted molar refractivity (Wildman–Crippen MR) is 84.8 cm³/mol. The van der Waals surface area contributed by atoms with Gasteiger partial charge in [0, 0.05) is 31.1 Å². The maximum absolute atomic E-state index is 5.61. The van der Waals surface area contributed by atoms with E-state index in [1.54, 1.807) is 0 Å². The summed E-state index contributed by atoms with van der Waals surface area (Å²) in [6.07, 6.45) is 6.55. The van der Waals surface area contributed by atoms with Gasteiger partial charge in [-0.05, 0) is 49.9 Å². The number of piperidine rings is 1. The van der Waals surface area contributed by atoms with Crippen LogP contribution < -0.4 is 10.1 Å². The van der Waals surface area contributed by atoms with Crippen LogP contribution in [0.15, 0.2) is 18.2 Å². The summed E-state index contributed by atoms with van der Waals surface area (Å²) in [5.41, 5.74) is 2.79. The van der Waals surface area contributed by atoms with Crippen molar-refractivity contribution in [2.75, 3.05) is 19.7 Å². The maximum atomic E-state index is 5.61. The van der Waals surface area contributed by atoms with E-state index in [0.29, 0.717) is 12.1 Å². The van der Waals surface area contributed by atoms with E-state index in [9.17, 15) is 0 Å². The highest BCUT2D eigenvalue weighted by molar-refractivity contribution is 5.40. The summed E-state index contributed by atoms with van der Waals surface area (Å²) in [6.45, 7) is 5.75. The van der Waals surface area contributed by atoms with E-state index in [1.807, 2.05) is 0 Å². The molecule has 21 heavy (non-hydrogen) atoms. The van der Waals surface area contributed by atoms with Crippen molar-refractivity contribution >= 4 is 0 Å². The molecule has 3 atom stereocenters. The molecule has 2 fully saturated rings. The average molecular weight is 286 g/mol. The smallest absolute Gasteiger partial charge is 0.122 e. The molecule has 114 valence electrons. The number of rotatable bonds is 3. The van der Waals surface area contributed by atoms with Gasteiger partial charge in [0.25, 0.3) is 0 Å². The molecule has 0 spiro atoms. The molecule has 3 aliphatic rings. The molecule has 3 heteroatoms.